The van der Waals surface area contributed by atoms with Crippen molar-refractivity contribution in [3.05, 3.63) is 35.9 Å². The summed E-state index contributed by atoms with van der Waals surface area (Å²) < 4.78 is 5.01. The van der Waals surface area contributed by atoms with Crippen LogP contribution in [-0.2, 0) is 9.53 Å². The average Bonchev–Trinajstić information content (AvgIpc) is 2.24. The minimum absolute atomic E-state index is 0.347. The van der Waals surface area contributed by atoms with E-state index >= 15 is 0 Å². The van der Waals surface area contributed by atoms with Gasteiger partial charge in [0.2, 0.25) is 0 Å². The Balaban J connectivity index is 2.69. The second-order valence-corrected chi connectivity index (χ2v) is 3.97. The van der Waals surface area contributed by atoms with Gasteiger partial charge >= 0.3 is 5.97 Å². The summed E-state index contributed by atoms with van der Waals surface area (Å²) in [6.07, 6.45) is 0. The predicted octanol–water partition coefficient (Wildman–Crippen LogP) is 2.38. The summed E-state index contributed by atoms with van der Waals surface area (Å²) in [5.74, 6) is 10.8. The molecule has 2 heteroatoms. The molecule has 0 N–H and O–H groups in total. The SMILES string of the molecule is CC(=O)OC(C)(C)C#CC#Cc1ccccc1. The Kier molecular flexibility index (Phi) is 4.37. The summed E-state index contributed by atoms with van der Waals surface area (Å²) in [7, 11) is 0. The smallest absolute Gasteiger partial charge is 0.304 e. The van der Waals surface area contributed by atoms with Crippen molar-refractivity contribution in [1.29, 1.82) is 0 Å². The third-order valence-corrected chi connectivity index (χ3v) is 1.81. The van der Waals surface area contributed by atoms with E-state index in [9.17, 15) is 4.79 Å². The lowest BCUT2D eigenvalue weighted by molar-refractivity contribution is -0.148. The van der Waals surface area contributed by atoms with Gasteiger partial charge in [0.15, 0.2) is 5.60 Å². The van der Waals surface area contributed by atoms with Crippen molar-refractivity contribution < 1.29 is 9.53 Å². The van der Waals surface area contributed by atoms with Crippen LogP contribution in [0.4, 0.5) is 0 Å². The summed E-state index contributed by atoms with van der Waals surface area (Å²) in [5, 5.41) is 0. The zero-order valence-electron chi connectivity index (χ0n) is 10.2. The Hall–Kier alpha value is -2.19. The highest BCUT2D eigenvalue weighted by atomic mass is 16.6. The summed E-state index contributed by atoms with van der Waals surface area (Å²) >= 11 is 0. The molecule has 0 aliphatic heterocycles. The van der Waals surface area contributed by atoms with Crippen LogP contribution in [0.3, 0.4) is 0 Å². The minimum atomic E-state index is -0.794. The molecular weight excluding hydrogens is 212 g/mol. The van der Waals surface area contributed by atoms with Crippen LogP contribution in [0.15, 0.2) is 30.3 Å². The Bertz CT molecular complexity index is 505. The zero-order valence-corrected chi connectivity index (χ0v) is 10.2. The number of carbonyl (C=O) groups excluding carboxylic acids is 1. The standard InChI is InChI=1S/C15H14O2/c1-13(16)17-15(2,3)12-8-7-11-14-9-5-4-6-10-14/h4-6,9-10H,1-3H3. The Morgan fingerprint density at radius 1 is 1.18 bits per heavy atom. The van der Waals surface area contributed by atoms with Gasteiger partial charge in [-0.3, -0.25) is 4.79 Å². The summed E-state index contributed by atoms with van der Waals surface area (Å²) in [6, 6.07) is 9.58. The number of carbonyl (C=O) groups is 1. The van der Waals surface area contributed by atoms with Crippen molar-refractivity contribution in [1.82, 2.24) is 0 Å². The fraction of sp³-hybridized carbons (Fsp3) is 0.267. The van der Waals surface area contributed by atoms with Crippen molar-refractivity contribution in [3.63, 3.8) is 0 Å². The molecule has 0 spiro atoms. The van der Waals surface area contributed by atoms with Crippen LogP contribution in [0.1, 0.15) is 26.3 Å². The van der Waals surface area contributed by atoms with E-state index < -0.39 is 5.60 Å². The molecule has 2 nitrogen and oxygen atoms in total. The molecule has 1 rings (SSSR count). The highest BCUT2D eigenvalue weighted by Crippen LogP contribution is 2.06. The molecular formula is C15H14O2. The lowest BCUT2D eigenvalue weighted by Gasteiger charge is -2.16. The molecule has 0 radical (unpaired) electrons. The molecule has 0 aliphatic rings. The second-order valence-electron chi connectivity index (χ2n) is 3.97. The van der Waals surface area contributed by atoms with Crippen LogP contribution in [0.5, 0.6) is 0 Å². The summed E-state index contributed by atoms with van der Waals surface area (Å²) in [4.78, 5) is 10.8. The normalized spacial score (nSPS) is 9.35. The molecule has 17 heavy (non-hydrogen) atoms. The molecule has 0 bridgehead atoms. The predicted molar refractivity (Wildman–Crippen MR) is 66.9 cm³/mol. The number of ether oxygens (including phenoxy) is 1. The van der Waals surface area contributed by atoms with Crippen LogP contribution in [0, 0.1) is 23.7 Å². The van der Waals surface area contributed by atoms with E-state index in [1.807, 2.05) is 30.3 Å². The zero-order chi connectivity index (χ0) is 12.7. The highest BCUT2D eigenvalue weighted by molar-refractivity contribution is 5.67. The van der Waals surface area contributed by atoms with E-state index in [4.69, 9.17) is 4.74 Å². The van der Waals surface area contributed by atoms with Gasteiger partial charge in [0, 0.05) is 12.5 Å². The molecule has 0 atom stereocenters. The second kappa shape index (κ2) is 5.77. The van der Waals surface area contributed by atoms with Crippen LogP contribution in [0.2, 0.25) is 0 Å². The highest BCUT2D eigenvalue weighted by Gasteiger charge is 2.16. The van der Waals surface area contributed by atoms with E-state index in [0.29, 0.717) is 0 Å². The van der Waals surface area contributed by atoms with Gasteiger partial charge < -0.3 is 4.74 Å². The number of benzene rings is 1. The maximum absolute atomic E-state index is 10.8. The van der Waals surface area contributed by atoms with Crippen molar-refractivity contribution in [3.8, 4) is 23.7 Å². The van der Waals surface area contributed by atoms with Crippen LogP contribution in [0.25, 0.3) is 0 Å². The maximum atomic E-state index is 10.8. The summed E-state index contributed by atoms with van der Waals surface area (Å²) in [6.45, 7) is 4.82. The van der Waals surface area contributed by atoms with Gasteiger partial charge in [-0.05, 0) is 43.7 Å². The van der Waals surface area contributed by atoms with Gasteiger partial charge in [-0.2, -0.15) is 0 Å². The van der Waals surface area contributed by atoms with Gasteiger partial charge in [0.25, 0.3) is 0 Å². The van der Waals surface area contributed by atoms with Crippen LogP contribution >= 0.6 is 0 Å². The minimum Gasteiger partial charge on any atom is -0.447 e. The van der Waals surface area contributed by atoms with E-state index in [2.05, 4.69) is 23.7 Å². The van der Waals surface area contributed by atoms with Gasteiger partial charge in [-0.25, -0.2) is 0 Å². The fourth-order valence-corrected chi connectivity index (χ4v) is 1.19. The number of rotatable bonds is 1. The number of hydrogen-bond acceptors (Lipinski definition) is 2. The van der Waals surface area contributed by atoms with Crippen molar-refractivity contribution in [2.45, 2.75) is 26.4 Å². The van der Waals surface area contributed by atoms with E-state index in [1.54, 1.807) is 13.8 Å². The van der Waals surface area contributed by atoms with Gasteiger partial charge in [0.05, 0.1) is 0 Å². The van der Waals surface area contributed by atoms with Gasteiger partial charge in [-0.15, -0.1) is 0 Å². The lowest BCUT2D eigenvalue weighted by atomic mass is 10.1. The molecule has 0 amide bonds. The first-order valence-electron chi connectivity index (χ1n) is 5.27. The largest absolute Gasteiger partial charge is 0.447 e. The number of esters is 1. The molecule has 0 aromatic heterocycles. The lowest BCUT2D eigenvalue weighted by Crippen LogP contribution is -2.24. The van der Waals surface area contributed by atoms with E-state index in [-0.39, 0.29) is 5.97 Å². The van der Waals surface area contributed by atoms with E-state index in [1.165, 1.54) is 6.92 Å². The molecule has 1 aromatic carbocycles. The molecule has 1 aromatic rings. The molecule has 0 heterocycles. The molecule has 86 valence electrons. The van der Waals surface area contributed by atoms with Crippen molar-refractivity contribution in [2.75, 3.05) is 0 Å². The maximum Gasteiger partial charge on any atom is 0.304 e. The molecule has 0 fully saturated rings. The molecule has 0 saturated heterocycles. The third kappa shape index (κ3) is 5.44. The Morgan fingerprint density at radius 3 is 2.41 bits per heavy atom. The first kappa shape index (κ1) is 12.9. The van der Waals surface area contributed by atoms with Gasteiger partial charge in [0.1, 0.15) is 0 Å². The Morgan fingerprint density at radius 2 is 1.82 bits per heavy atom. The van der Waals surface area contributed by atoms with E-state index in [0.717, 1.165) is 5.56 Å². The Labute approximate surface area is 102 Å². The number of hydrogen-bond donors (Lipinski definition) is 0. The van der Waals surface area contributed by atoms with Crippen molar-refractivity contribution in [2.24, 2.45) is 0 Å². The van der Waals surface area contributed by atoms with Crippen LogP contribution in [-0.4, -0.2) is 11.6 Å². The topological polar surface area (TPSA) is 26.3 Å². The molecule has 0 aliphatic carbocycles. The van der Waals surface area contributed by atoms with Crippen LogP contribution < -0.4 is 0 Å². The average molecular weight is 226 g/mol. The third-order valence-electron chi connectivity index (χ3n) is 1.81. The quantitative estimate of drug-likeness (QED) is 0.543. The van der Waals surface area contributed by atoms with Gasteiger partial charge in [-0.1, -0.05) is 24.1 Å². The monoisotopic (exact) mass is 226 g/mol. The first-order valence-corrected chi connectivity index (χ1v) is 5.27. The fourth-order valence-electron chi connectivity index (χ4n) is 1.19. The molecule has 0 unspecified atom stereocenters. The van der Waals surface area contributed by atoms with Crippen molar-refractivity contribution >= 4 is 5.97 Å². The first-order chi connectivity index (χ1) is 7.99. The summed E-state index contributed by atoms with van der Waals surface area (Å²) in [5.41, 5.74) is 0.115. The molecule has 0 saturated carbocycles.